The van der Waals surface area contributed by atoms with Crippen molar-refractivity contribution in [2.75, 3.05) is 19.7 Å². The number of benzene rings is 2. The molecule has 0 spiro atoms. The predicted molar refractivity (Wildman–Crippen MR) is 122 cm³/mol. The number of nitrogens with zero attached hydrogens (tertiary/aromatic N) is 1. The minimum atomic E-state index is -0.609. The lowest BCUT2D eigenvalue weighted by Gasteiger charge is -2.47. The van der Waals surface area contributed by atoms with Crippen molar-refractivity contribution in [3.8, 4) is 16.9 Å². The second-order valence-electron chi connectivity index (χ2n) is 8.93. The van der Waals surface area contributed by atoms with Crippen LogP contribution in [0.2, 0.25) is 0 Å². The van der Waals surface area contributed by atoms with E-state index in [0.717, 1.165) is 42.2 Å². The Hall–Kier alpha value is -3.12. The molecule has 1 N–H and O–H groups in total. The third-order valence-electron chi connectivity index (χ3n) is 6.94. The number of carbonyl (C=O) groups is 1. The van der Waals surface area contributed by atoms with E-state index in [1.807, 2.05) is 36.4 Å². The lowest BCUT2D eigenvalue weighted by atomic mass is 9.71. The summed E-state index contributed by atoms with van der Waals surface area (Å²) in [6, 6.07) is 16.5. The molecule has 2 heterocycles. The van der Waals surface area contributed by atoms with Crippen LogP contribution in [0.1, 0.15) is 32.1 Å². The normalized spacial score (nSPS) is 23.0. The molecular weight excluding hydrogens is 406 g/mol. The van der Waals surface area contributed by atoms with E-state index in [4.69, 9.17) is 9.15 Å². The number of hydrogen-bond donors (Lipinski definition) is 1. The van der Waals surface area contributed by atoms with E-state index < -0.39 is 11.2 Å². The van der Waals surface area contributed by atoms with Gasteiger partial charge in [0.1, 0.15) is 11.3 Å². The highest BCUT2D eigenvalue weighted by Crippen LogP contribution is 2.39. The van der Waals surface area contributed by atoms with Crippen molar-refractivity contribution in [3.05, 3.63) is 65.0 Å². The molecule has 1 aliphatic carbocycles. The molecule has 1 saturated heterocycles. The summed E-state index contributed by atoms with van der Waals surface area (Å²) >= 11 is 0. The van der Waals surface area contributed by atoms with Crippen molar-refractivity contribution in [2.24, 2.45) is 5.92 Å². The van der Waals surface area contributed by atoms with Gasteiger partial charge in [-0.15, -0.1) is 0 Å². The molecule has 6 nitrogen and oxygen atoms in total. The van der Waals surface area contributed by atoms with E-state index in [-0.39, 0.29) is 18.4 Å². The maximum atomic E-state index is 12.8. The number of likely N-dealkylation sites (tertiary alicyclic amines) is 1. The maximum absolute atomic E-state index is 12.8. The van der Waals surface area contributed by atoms with Gasteiger partial charge in [0.25, 0.3) is 5.91 Å². The van der Waals surface area contributed by atoms with Crippen LogP contribution in [0, 0.1) is 5.92 Å². The van der Waals surface area contributed by atoms with Gasteiger partial charge in [0, 0.05) is 36.5 Å². The molecule has 1 aliphatic heterocycles. The van der Waals surface area contributed by atoms with Gasteiger partial charge >= 0.3 is 5.63 Å². The molecule has 0 unspecified atom stereocenters. The van der Waals surface area contributed by atoms with Crippen LogP contribution < -0.4 is 10.4 Å². The minimum Gasteiger partial charge on any atom is -0.484 e. The van der Waals surface area contributed by atoms with Crippen molar-refractivity contribution in [1.82, 2.24) is 4.90 Å². The van der Waals surface area contributed by atoms with Crippen molar-refractivity contribution >= 4 is 16.9 Å². The lowest BCUT2D eigenvalue weighted by Crippen LogP contribution is -2.55. The highest BCUT2D eigenvalue weighted by atomic mass is 16.5. The Morgan fingerprint density at radius 1 is 1.12 bits per heavy atom. The van der Waals surface area contributed by atoms with Crippen molar-refractivity contribution in [1.29, 1.82) is 0 Å². The number of rotatable bonds is 4. The number of ether oxygens (including phenoxy) is 1. The summed E-state index contributed by atoms with van der Waals surface area (Å²) in [5.41, 5.74) is 1.11. The second kappa shape index (κ2) is 8.43. The highest BCUT2D eigenvalue weighted by Gasteiger charge is 2.43. The SMILES string of the molecule is O=C(COc1ccc2c(-c3ccccc3)cc(=O)oc2c1)N1CC[C@@]2(O)CCCC[C@H]2C1. The summed E-state index contributed by atoms with van der Waals surface area (Å²) in [4.78, 5) is 26.7. The molecule has 2 aromatic carbocycles. The second-order valence-corrected chi connectivity index (χ2v) is 8.93. The minimum absolute atomic E-state index is 0.0841. The molecule has 3 aromatic rings. The van der Waals surface area contributed by atoms with Crippen molar-refractivity contribution in [2.45, 2.75) is 37.7 Å². The van der Waals surface area contributed by atoms with Gasteiger partial charge in [0.05, 0.1) is 5.60 Å². The number of piperidine rings is 1. The molecule has 1 saturated carbocycles. The summed E-state index contributed by atoms with van der Waals surface area (Å²) in [5.74, 6) is 0.544. The number of carbonyl (C=O) groups excluding carboxylic acids is 1. The third-order valence-corrected chi connectivity index (χ3v) is 6.94. The summed E-state index contributed by atoms with van der Waals surface area (Å²) in [6.45, 7) is 1.06. The fourth-order valence-electron chi connectivity index (χ4n) is 5.12. The van der Waals surface area contributed by atoms with Crippen LogP contribution in [0.25, 0.3) is 22.1 Å². The zero-order valence-electron chi connectivity index (χ0n) is 18.0. The summed E-state index contributed by atoms with van der Waals surface area (Å²) < 4.78 is 11.2. The first kappa shape index (κ1) is 20.8. The average molecular weight is 434 g/mol. The summed E-state index contributed by atoms with van der Waals surface area (Å²) in [7, 11) is 0. The van der Waals surface area contributed by atoms with Gasteiger partial charge in [-0.3, -0.25) is 4.79 Å². The van der Waals surface area contributed by atoms with Crippen LogP contribution in [0.15, 0.2) is 63.8 Å². The van der Waals surface area contributed by atoms with E-state index in [0.29, 0.717) is 30.8 Å². The topological polar surface area (TPSA) is 80.0 Å². The van der Waals surface area contributed by atoms with Crippen molar-refractivity contribution < 1.29 is 19.1 Å². The Balaban J connectivity index is 1.30. The fraction of sp³-hybridized carbons (Fsp3) is 0.385. The molecule has 166 valence electrons. The number of hydrogen-bond acceptors (Lipinski definition) is 5. The van der Waals surface area contributed by atoms with Gasteiger partial charge < -0.3 is 19.2 Å². The standard InChI is InChI=1S/C26H27NO5/c28-24(27-13-12-26(30)11-5-4-8-19(26)16-27)17-31-20-9-10-21-22(18-6-2-1-3-7-18)15-25(29)32-23(21)14-20/h1-3,6-7,9-10,14-15,19,30H,4-5,8,11-13,16-17H2/t19-,26-/m0/s1. The van der Waals surface area contributed by atoms with E-state index in [1.165, 1.54) is 6.07 Å². The number of amides is 1. The maximum Gasteiger partial charge on any atom is 0.336 e. The Bertz CT molecular complexity index is 1190. The monoisotopic (exact) mass is 433 g/mol. The van der Waals surface area contributed by atoms with Crippen LogP contribution in [-0.2, 0) is 4.79 Å². The molecule has 5 rings (SSSR count). The Labute approximate surface area is 186 Å². The fourth-order valence-corrected chi connectivity index (χ4v) is 5.12. The quantitative estimate of drug-likeness (QED) is 0.630. The molecule has 2 aliphatic rings. The Morgan fingerprint density at radius 2 is 1.97 bits per heavy atom. The summed E-state index contributed by atoms with van der Waals surface area (Å²) in [5, 5.41) is 11.6. The van der Waals surface area contributed by atoms with Crippen LogP contribution in [0.3, 0.4) is 0 Å². The first-order chi connectivity index (χ1) is 15.5. The molecule has 6 heteroatoms. The van der Waals surface area contributed by atoms with Gasteiger partial charge in [0.2, 0.25) is 0 Å². The lowest BCUT2D eigenvalue weighted by molar-refractivity contribution is -0.145. The average Bonchev–Trinajstić information content (AvgIpc) is 2.81. The molecule has 0 radical (unpaired) electrons. The molecule has 32 heavy (non-hydrogen) atoms. The van der Waals surface area contributed by atoms with Crippen LogP contribution in [0.4, 0.5) is 0 Å². The molecular formula is C26H27NO5. The van der Waals surface area contributed by atoms with Crippen LogP contribution in [0.5, 0.6) is 5.75 Å². The van der Waals surface area contributed by atoms with Crippen molar-refractivity contribution in [3.63, 3.8) is 0 Å². The number of aliphatic hydroxyl groups is 1. The zero-order chi connectivity index (χ0) is 22.1. The molecule has 1 amide bonds. The van der Waals surface area contributed by atoms with Gasteiger partial charge in [-0.1, -0.05) is 43.2 Å². The van der Waals surface area contributed by atoms with E-state index >= 15 is 0 Å². The summed E-state index contributed by atoms with van der Waals surface area (Å²) in [6.07, 6.45) is 4.61. The predicted octanol–water partition coefficient (Wildman–Crippen LogP) is 3.99. The Morgan fingerprint density at radius 3 is 2.81 bits per heavy atom. The van der Waals surface area contributed by atoms with Gasteiger partial charge in [-0.05, 0) is 42.5 Å². The van der Waals surface area contributed by atoms with Gasteiger partial charge in [-0.2, -0.15) is 0 Å². The van der Waals surface area contributed by atoms with Crippen LogP contribution in [-0.4, -0.2) is 41.2 Å². The molecule has 2 atom stereocenters. The first-order valence-electron chi connectivity index (χ1n) is 11.3. The molecule has 1 aromatic heterocycles. The Kier molecular flexibility index (Phi) is 5.47. The van der Waals surface area contributed by atoms with E-state index in [2.05, 4.69) is 0 Å². The third kappa shape index (κ3) is 4.02. The first-order valence-corrected chi connectivity index (χ1v) is 11.3. The van der Waals surface area contributed by atoms with E-state index in [1.54, 1.807) is 17.0 Å². The van der Waals surface area contributed by atoms with Crippen LogP contribution >= 0.6 is 0 Å². The van der Waals surface area contributed by atoms with E-state index in [9.17, 15) is 14.7 Å². The van der Waals surface area contributed by atoms with Gasteiger partial charge in [-0.25, -0.2) is 4.79 Å². The highest BCUT2D eigenvalue weighted by molar-refractivity contribution is 5.93. The molecule has 0 bridgehead atoms. The largest absolute Gasteiger partial charge is 0.484 e. The van der Waals surface area contributed by atoms with Gasteiger partial charge in [0.15, 0.2) is 6.61 Å². The smallest absolute Gasteiger partial charge is 0.336 e. The molecule has 2 fully saturated rings. The number of fused-ring (bicyclic) bond motifs is 2. The zero-order valence-corrected chi connectivity index (χ0v) is 18.0.